The first-order valence-electron chi connectivity index (χ1n) is 7.15. The molecule has 0 heterocycles. The molecule has 0 fully saturated rings. The van der Waals surface area contributed by atoms with E-state index in [1.165, 1.54) is 27.6 Å². The second-order valence-electron chi connectivity index (χ2n) is 5.86. The molecule has 1 aliphatic rings. The zero-order chi connectivity index (χ0) is 14.1. The molecule has 0 amide bonds. The molecular formula is C18H21BrClN. The van der Waals surface area contributed by atoms with Crippen LogP contribution < -0.4 is 0 Å². The summed E-state index contributed by atoms with van der Waals surface area (Å²) in [4.78, 5) is 2.36. The Labute approximate surface area is 141 Å². The van der Waals surface area contributed by atoms with Gasteiger partial charge in [-0.1, -0.05) is 52.3 Å². The van der Waals surface area contributed by atoms with Gasteiger partial charge in [-0.15, -0.1) is 12.4 Å². The van der Waals surface area contributed by atoms with E-state index in [2.05, 4.69) is 83.5 Å². The van der Waals surface area contributed by atoms with Gasteiger partial charge < -0.3 is 4.90 Å². The van der Waals surface area contributed by atoms with Crippen molar-refractivity contribution in [2.24, 2.45) is 0 Å². The van der Waals surface area contributed by atoms with Gasteiger partial charge in [0.15, 0.2) is 0 Å². The fourth-order valence-corrected chi connectivity index (χ4v) is 3.65. The predicted octanol–water partition coefficient (Wildman–Crippen LogP) is 4.88. The first-order valence-corrected chi connectivity index (χ1v) is 7.94. The maximum atomic E-state index is 3.60. The highest BCUT2D eigenvalue weighted by molar-refractivity contribution is 9.10. The van der Waals surface area contributed by atoms with Crippen LogP contribution in [0.2, 0.25) is 0 Å². The summed E-state index contributed by atoms with van der Waals surface area (Å²) >= 11 is 3.60. The van der Waals surface area contributed by atoms with E-state index >= 15 is 0 Å². The van der Waals surface area contributed by atoms with Gasteiger partial charge in [0.05, 0.1) is 0 Å². The smallest absolute Gasteiger partial charge is 0.0178 e. The normalized spacial score (nSPS) is 20.8. The minimum atomic E-state index is 0. The molecule has 2 aromatic carbocycles. The number of benzene rings is 2. The zero-order valence-electron chi connectivity index (χ0n) is 12.4. The summed E-state index contributed by atoms with van der Waals surface area (Å²) in [5.74, 6) is 0.504. The molecule has 2 aromatic rings. The summed E-state index contributed by atoms with van der Waals surface area (Å²) < 4.78 is 1.17. The lowest BCUT2D eigenvalue weighted by molar-refractivity contribution is 0.258. The molecule has 21 heavy (non-hydrogen) atoms. The molecule has 3 heteroatoms. The number of halogens is 2. The first kappa shape index (κ1) is 16.5. The minimum Gasteiger partial charge on any atom is -0.306 e. The Kier molecular flexibility index (Phi) is 5.48. The lowest BCUT2D eigenvalue weighted by atomic mass is 9.76. The van der Waals surface area contributed by atoms with Crippen molar-refractivity contribution in [2.45, 2.75) is 24.8 Å². The fourth-order valence-electron chi connectivity index (χ4n) is 3.23. The van der Waals surface area contributed by atoms with Gasteiger partial charge in [0.2, 0.25) is 0 Å². The maximum absolute atomic E-state index is 3.60. The van der Waals surface area contributed by atoms with Crippen LogP contribution in [0, 0.1) is 0 Å². The summed E-state index contributed by atoms with van der Waals surface area (Å²) in [6, 6.07) is 18.3. The van der Waals surface area contributed by atoms with Gasteiger partial charge in [-0.25, -0.2) is 0 Å². The van der Waals surface area contributed by atoms with Crippen LogP contribution >= 0.6 is 28.3 Å². The van der Waals surface area contributed by atoms with Crippen molar-refractivity contribution >= 4 is 28.3 Å². The van der Waals surface area contributed by atoms with Crippen molar-refractivity contribution in [3.8, 4) is 0 Å². The Morgan fingerprint density at radius 3 is 2.52 bits per heavy atom. The molecule has 0 bridgehead atoms. The van der Waals surface area contributed by atoms with Crippen molar-refractivity contribution in [2.75, 3.05) is 14.1 Å². The molecule has 0 aromatic heterocycles. The average molecular weight is 367 g/mol. The topological polar surface area (TPSA) is 3.24 Å². The van der Waals surface area contributed by atoms with Gasteiger partial charge in [-0.2, -0.15) is 0 Å². The second kappa shape index (κ2) is 6.95. The van der Waals surface area contributed by atoms with Crippen LogP contribution in [-0.4, -0.2) is 25.0 Å². The van der Waals surface area contributed by atoms with Crippen LogP contribution in [0.15, 0.2) is 53.0 Å². The van der Waals surface area contributed by atoms with Crippen molar-refractivity contribution in [3.05, 3.63) is 69.7 Å². The van der Waals surface area contributed by atoms with E-state index in [0.717, 1.165) is 6.42 Å². The first-order chi connectivity index (χ1) is 9.65. The number of hydrogen-bond acceptors (Lipinski definition) is 1. The molecule has 3 rings (SSSR count). The Balaban J connectivity index is 0.00000161. The van der Waals surface area contributed by atoms with E-state index in [-0.39, 0.29) is 12.4 Å². The highest BCUT2D eigenvalue weighted by Gasteiger charge is 2.28. The standard InChI is InChI=1S/C18H20BrN.ClH/c1-20(2)16-11-14-6-3-4-9-17(14)18(12-16)13-7-5-8-15(19)10-13;/h3-10,16,18H,11-12H2,1-2H3;1H/t16-,18-;/m0./s1. The van der Waals surface area contributed by atoms with E-state index < -0.39 is 0 Å². The molecule has 2 atom stereocenters. The summed E-state index contributed by atoms with van der Waals surface area (Å²) in [5, 5.41) is 0. The van der Waals surface area contributed by atoms with E-state index in [4.69, 9.17) is 0 Å². The van der Waals surface area contributed by atoms with Crippen LogP contribution in [0.5, 0.6) is 0 Å². The monoisotopic (exact) mass is 365 g/mol. The van der Waals surface area contributed by atoms with Crippen molar-refractivity contribution in [1.29, 1.82) is 0 Å². The van der Waals surface area contributed by atoms with Crippen molar-refractivity contribution in [1.82, 2.24) is 4.90 Å². The van der Waals surface area contributed by atoms with Gasteiger partial charge in [0.1, 0.15) is 0 Å². The predicted molar refractivity (Wildman–Crippen MR) is 95.5 cm³/mol. The zero-order valence-corrected chi connectivity index (χ0v) is 14.8. The number of fused-ring (bicyclic) bond motifs is 1. The highest BCUT2D eigenvalue weighted by Crippen LogP contribution is 2.38. The lowest BCUT2D eigenvalue weighted by Crippen LogP contribution is -2.35. The van der Waals surface area contributed by atoms with Crippen LogP contribution in [0.4, 0.5) is 0 Å². The van der Waals surface area contributed by atoms with E-state index in [0.29, 0.717) is 12.0 Å². The van der Waals surface area contributed by atoms with E-state index in [1.54, 1.807) is 0 Å². The summed E-state index contributed by atoms with van der Waals surface area (Å²) in [5.41, 5.74) is 4.42. The van der Waals surface area contributed by atoms with Gasteiger partial charge in [0.25, 0.3) is 0 Å². The van der Waals surface area contributed by atoms with Crippen LogP contribution in [0.25, 0.3) is 0 Å². The molecule has 0 unspecified atom stereocenters. The third-order valence-electron chi connectivity index (χ3n) is 4.38. The van der Waals surface area contributed by atoms with Crippen LogP contribution in [0.3, 0.4) is 0 Å². The average Bonchev–Trinajstić information content (AvgIpc) is 2.46. The van der Waals surface area contributed by atoms with Gasteiger partial charge in [0, 0.05) is 16.4 Å². The summed E-state index contributed by atoms with van der Waals surface area (Å²) in [6.45, 7) is 0. The Bertz CT molecular complexity index is 612. The van der Waals surface area contributed by atoms with Crippen LogP contribution in [0.1, 0.15) is 29.0 Å². The number of rotatable bonds is 2. The molecule has 0 aliphatic heterocycles. The summed E-state index contributed by atoms with van der Waals surface area (Å²) in [7, 11) is 4.38. The SMILES string of the molecule is CN(C)[C@H]1Cc2ccccc2[C@H](c2cccc(Br)c2)C1.Cl. The van der Waals surface area contributed by atoms with E-state index in [1.807, 2.05) is 0 Å². The molecule has 0 N–H and O–H groups in total. The molecule has 0 spiro atoms. The third kappa shape index (κ3) is 3.50. The maximum Gasteiger partial charge on any atom is 0.0178 e. The largest absolute Gasteiger partial charge is 0.306 e. The molecule has 112 valence electrons. The Morgan fingerprint density at radius 1 is 1.05 bits per heavy atom. The third-order valence-corrected chi connectivity index (χ3v) is 4.87. The summed E-state index contributed by atoms with van der Waals surface area (Å²) in [6.07, 6.45) is 2.36. The second-order valence-corrected chi connectivity index (χ2v) is 6.78. The van der Waals surface area contributed by atoms with Gasteiger partial charge in [-0.3, -0.25) is 0 Å². The quantitative estimate of drug-likeness (QED) is 0.732. The number of nitrogens with zero attached hydrogens (tertiary/aromatic N) is 1. The molecule has 1 aliphatic carbocycles. The molecule has 0 saturated heterocycles. The minimum absolute atomic E-state index is 0. The van der Waals surface area contributed by atoms with Crippen molar-refractivity contribution in [3.63, 3.8) is 0 Å². The van der Waals surface area contributed by atoms with Crippen LogP contribution in [-0.2, 0) is 6.42 Å². The van der Waals surface area contributed by atoms with Gasteiger partial charge in [-0.05, 0) is 55.8 Å². The van der Waals surface area contributed by atoms with E-state index in [9.17, 15) is 0 Å². The molecular weight excluding hydrogens is 346 g/mol. The number of hydrogen-bond donors (Lipinski definition) is 0. The molecule has 1 nitrogen and oxygen atoms in total. The number of likely N-dealkylation sites (N-methyl/N-ethyl adjacent to an activating group) is 1. The highest BCUT2D eigenvalue weighted by atomic mass is 79.9. The van der Waals surface area contributed by atoms with Gasteiger partial charge >= 0.3 is 0 Å². The lowest BCUT2D eigenvalue weighted by Gasteiger charge is -2.35. The Hall–Kier alpha value is -0.830. The fraction of sp³-hybridized carbons (Fsp3) is 0.333. The molecule has 0 radical (unpaired) electrons. The Morgan fingerprint density at radius 2 is 1.81 bits per heavy atom. The molecule has 0 saturated carbocycles. The van der Waals surface area contributed by atoms with Crippen molar-refractivity contribution < 1.29 is 0 Å².